The Morgan fingerprint density at radius 2 is 2.10 bits per heavy atom. The number of rotatable bonds is 5. The number of benzene rings is 1. The van der Waals surface area contributed by atoms with E-state index in [1.54, 1.807) is 0 Å². The molecule has 1 aliphatic rings. The van der Waals surface area contributed by atoms with Gasteiger partial charge in [-0.05, 0) is 17.5 Å². The van der Waals surface area contributed by atoms with Crippen molar-refractivity contribution in [2.45, 2.75) is 45.9 Å². The van der Waals surface area contributed by atoms with E-state index in [0.717, 1.165) is 44.1 Å². The molecule has 0 bridgehead atoms. The van der Waals surface area contributed by atoms with E-state index in [9.17, 15) is 0 Å². The van der Waals surface area contributed by atoms with Gasteiger partial charge in [0, 0.05) is 31.7 Å². The molecule has 0 spiro atoms. The normalized spacial score (nSPS) is 15.4. The standard InChI is InChI=1S/C17H23N3O/c1-13(2)18-10-16-9-17(21-19-16)12-20-8-7-14-5-3-4-6-15(14)11-20/h3-6,9,13,18H,7-8,10-12H2,1-2H3. The Morgan fingerprint density at radius 3 is 2.90 bits per heavy atom. The highest BCUT2D eigenvalue weighted by atomic mass is 16.5. The second-order valence-electron chi connectivity index (χ2n) is 6.05. The third kappa shape index (κ3) is 3.71. The number of nitrogens with one attached hydrogen (secondary N) is 1. The Bertz CT molecular complexity index is 591. The predicted octanol–water partition coefficient (Wildman–Crippen LogP) is 2.73. The van der Waals surface area contributed by atoms with Gasteiger partial charge >= 0.3 is 0 Å². The number of hydrogen-bond acceptors (Lipinski definition) is 4. The molecule has 21 heavy (non-hydrogen) atoms. The zero-order chi connectivity index (χ0) is 14.7. The lowest BCUT2D eigenvalue weighted by Gasteiger charge is -2.27. The molecule has 2 aromatic rings. The van der Waals surface area contributed by atoms with Crippen LogP contribution in [0.15, 0.2) is 34.9 Å². The molecule has 0 atom stereocenters. The van der Waals surface area contributed by atoms with Crippen LogP contribution in [0.5, 0.6) is 0 Å². The molecule has 0 saturated carbocycles. The van der Waals surface area contributed by atoms with Gasteiger partial charge in [0.05, 0.1) is 12.2 Å². The molecule has 4 nitrogen and oxygen atoms in total. The molecule has 3 rings (SSSR count). The highest BCUT2D eigenvalue weighted by Crippen LogP contribution is 2.20. The zero-order valence-corrected chi connectivity index (χ0v) is 12.8. The van der Waals surface area contributed by atoms with Gasteiger partial charge in [-0.1, -0.05) is 43.3 Å². The fraction of sp³-hybridized carbons (Fsp3) is 0.471. The second-order valence-corrected chi connectivity index (χ2v) is 6.05. The van der Waals surface area contributed by atoms with Crippen LogP contribution in [0.1, 0.15) is 36.4 Å². The monoisotopic (exact) mass is 285 g/mol. The summed E-state index contributed by atoms with van der Waals surface area (Å²) in [4.78, 5) is 2.42. The molecule has 1 N–H and O–H groups in total. The maximum atomic E-state index is 5.46. The molecule has 112 valence electrons. The van der Waals surface area contributed by atoms with Crippen LogP contribution in [0.25, 0.3) is 0 Å². The number of aromatic nitrogens is 1. The Labute approximate surface area is 126 Å². The van der Waals surface area contributed by atoms with Crippen molar-refractivity contribution < 1.29 is 4.52 Å². The number of fused-ring (bicyclic) bond motifs is 1. The van der Waals surface area contributed by atoms with Gasteiger partial charge in [-0.15, -0.1) is 0 Å². The summed E-state index contributed by atoms with van der Waals surface area (Å²) in [7, 11) is 0. The van der Waals surface area contributed by atoms with Crippen LogP contribution in [0, 0.1) is 0 Å². The lowest BCUT2D eigenvalue weighted by Crippen LogP contribution is -2.29. The molecule has 0 saturated heterocycles. The molecule has 1 aromatic carbocycles. The third-order valence-corrected chi connectivity index (χ3v) is 3.89. The minimum absolute atomic E-state index is 0.462. The highest BCUT2D eigenvalue weighted by molar-refractivity contribution is 5.29. The molecule has 0 amide bonds. The molecular weight excluding hydrogens is 262 g/mol. The quantitative estimate of drug-likeness (QED) is 0.917. The van der Waals surface area contributed by atoms with E-state index in [-0.39, 0.29) is 0 Å². The fourth-order valence-electron chi connectivity index (χ4n) is 2.73. The SMILES string of the molecule is CC(C)NCc1cc(CN2CCc3ccccc3C2)on1. The van der Waals surface area contributed by atoms with E-state index >= 15 is 0 Å². The van der Waals surface area contributed by atoms with E-state index in [4.69, 9.17) is 4.52 Å². The minimum atomic E-state index is 0.462. The molecule has 2 heterocycles. The number of hydrogen-bond donors (Lipinski definition) is 1. The van der Waals surface area contributed by atoms with Crippen LogP contribution >= 0.6 is 0 Å². The summed E-state index contributed by atoms with van der Waals surface area (Å²) in [6.07, 6.45) is 1.12. The van der Waals surface area contributed by atoms with Crippen molar-refractivity contribution in [3.63, 3.8) is 0 Å². The predicted molar refractivity (Wildman–Crippen MR) is 82.7 cm³/mol. The maximum absolute atomic E-state index is 5.46. The summed E-state index contributed by atoms with van der Waals surface area (Å²) in [6.45, 7) is 7.94. The van der Waals surface area contributed by atoms with Crippen molar-refractivity contribution in [3.8, 4) is 0 Å². The van der Waals surface area contributed by atoms with Gasteiger partial charge in [-0.2, -0.15) is 0 Å². The van der Waals surface area contributed by atoms with E-state index in [1.165, 1.54) is 11.1 Å². The molecular formula is C17H23N3O. The summed E-state index contributed by atoms with van der Waals surface area (Å²) < 4.78 is 5.46. The van der Waals surface area contributed by atoms with Crippen LogP contribution in [-0.2, 0) is 26.1 Å². The smallest absolute Gasteiger partial charge is 0.151 e. The molecule has 0 fully saturated rings. The summed E-state index contributed by atoms with van der Waals surface area (Å²) in [5.74, 6) is 0.954. The highest BCUT2D eigenvalue weighted by Gasteiger charge is 2.17. The topological polar surface area (TPSA) is 41.3 Å². The number of nitrogens with zero attached hydrogens (tertiary/aromatic N) is 2. The lowest BCUT2D eigenvalue weighted by atomic mass is 10.00. The first kappa shape index (κ1) is 14.3. The van der Waals surface area contributed by atoms with Crippen LogP contribution in [0.4, 0.5) is 0 Å². The van der Waals surface area contributed by atoms with Gasteiger partial charge in [-0.3, -0.25) is 4.90 Å². The zero-order valence-electron chi connectivity index (χ0n) is 12.8. The third-order valence-electron chi connectivity index (χ3n) is 3.89. The van der Waals surface area contributed by atoms with Crippen LogP contribution in [-0.4, -0.2) is 22.6 Å². The van der Waals surface area contributed by atoms with Gasteiger partial charge in [0.2, 0.25) is 0 Å². The Hall–Kier alpha value is -1.65. The van der Waals surface area contributed by atoms with Crippen molar-refractivity contribution in [2.75, 3.05) is 6.54 Å². The summed E-state index contributed by atoms with van der Waals surface area (Å²) in [6, 6.07) is 11.2. The average Bonchev–Trinajstić information content (AvgIpc) is 2.92. The molecule has 0 unspecified atom stereocenters. The van der Waals surface area contributed by atoms with Crippen LogP contribution < -0.4 is 5.32 Å². The lowest BCUT2D eigenvalue weighted by molar-refractivity contribution is 0.214. The molecule has 1 aliphatic heterocycles. The van der Waals surface area contributed by atoms with E-state index in [2.05, 4.69) is 59.6 Å². The average molecular weight is 285 g/mol. The van der Waals surface area contributed by atoms with Crippen molar-refractivity contribution in [1.82, 2.24) is 15.4 Å². The van der Waals surface area contributed by atoms with E-state index < -0.39 is 0 Å². The van der Waals surface area contributed by atoms with Gasteiger partial charge in [0.15, 0.2) is 5.76 Å². The van der Waals surface area contributed by atoms with Gasteiger partial charge < -0.3 is 9.84 Å². The molecule has 1 aromatic heterocycles. The molecule has 4 heteroatoms. The Kier molecular flexibility index (Phi) is 4.36. The van der Waals surface area contributed by atoms with E-state index in [0.29, 0.717) is 6.04 Å². The minimum Gasteiger partial charge on any atom is -0.360 e. The van der Waals surface area contributed by atoms with Gasteiger partial charge in [-0.25, -0.2) is 0 Å². The fourth-order valence-corrected chi connectivity index (χ4v) is 2.73. The molecule has 0 radical (unpaired) electrons. The Morgan fingerprint density at radius 1 is 1.29 bits per heavy atom. The van der Waals surface area contributed by atoms with Gasteiger partial charge in [0.1, 0.15) is 0 Å². The van der Waals surface area contributed by atoms with Crippen molar-refractivity contribution in [3.05, 3.63) is 52.9 Å². The van der Waals surface area contributed by atoms with Crippen LogP contribution in [0.2, 0.25) is 0 Å². The first-order chi connectivity index (χ1) is 10.2. The van der Waals surface area contributed by atoms with Crippen molar-refractivity contribution >= 4 is 0 Å². The maximum Gasteiger partial charge on any atom is 0.151 e. The summed E-state index contributed by atoms with van der Waals surface area (Å²) in [5, 5.41) is 7.49. The summed E-state index contributed by atoms with van der Waals surface area (Å²) >= 11 is 0. The van der Waals surface area contributed by atoms with Crippen molar-refractivity contribution in [2.24, 2.45) is 0 Å². The van der Waals surface area contributed by atoms with Crippen molar-refractivity contribution in [1.29, 1.82) is 0 Å². The largest absolute Gasteiger partial charge is 0.360 e. The first-order valence-corrected chi connectivity index (χ1v) is 7.67. The Balaban J connectivity index is 1.58. The van der Waals surface area contributed by atoms with Gasteiger partial charge in [0.25, 0.3) is 0 Å². The summed E-state index contributed by atoms with van der Waals surface area (Å²) in [5.41, 5.74) is 3.90. The second kappa shape index (κ2) is 6.41. The van der Waals surface area contributed by atoms with E-state index in [1.807, 2.05) is 0 Å². The van der Waals surface area contributed by atoms with Crippen LogP contribution in [0.3, 0.4) is 0 Å². The first-order valence-electron chi connectivity index (χ1n) is 7.67. The molecule has 0 aliphatic carbocycles.